The first kappa shape index (κ1) is 18.0. The van der Waals surface area contributed by atoms with Crippen molar-refractivity contribution in [1.82, 2.24) is 4.90 Å². The van der Waals surface area contributed by atoms with Crippen molar-refractivity contribution in [2.45, 2.75) is 56.6 Å². The Morgan fingerprint density at radius 2 is 1.50 bits per heavy atom. The van der Waals surface area contributed by atoms with E-state index in [0.29, 0.717) is 11.8 Å². The standard InChI is InChI=1S/C26H31NO/c1-4-12-21(13-5-1)23-20-25(22-14-6-2-7-15-22)28-26(17-9-8-16-24(23)26)27-18-10-3-11-19-27/h1-2,4-7,12-15,20,23-24H,3,8-11,16-19H2. The number of hydrogen-bond acceptors (Lipinski definition) is 2. The fourth-order valence-electron chi connectivity index (χ4n) is 5.73. The summed E-state index contributed by atoms with van der Waals surface area (Å²) in [4.78, 5) is 2.71. The highest BCUT2D eigenvalue weighted by Gasteiger charge is 2.53. The van der Waals surface area contributed by atoms with Crippen LogP contribution in [0.15, 0.2) is 66.7 Å². The van der Waals surface area contributed by atoms with Crippen LogP contribution in [0.1, 0.15) is 62.0 Å². The first-order valence-corrected chi connectivity index (χ1v) is 11.1. The SMILES string of the molecule is C1=C(c2ccccc2)OC2(N3CCCCC3)CCCCC2C1c1ccccc1. The van der Waals surface area contributed by atoms with Gasteiger partial charge in [-0.1, -0.05) is 73.5 Å². The van der Waals surface area contributed by atoms with Crippen molar-refractivity contribution in [1.29, 1.82) is 0 Å². The monoisotopic (exact) mass is 373 g/mol. The van der Waals surface area contributed by atoms with Crippen LogP contribution in [-0.2, 0) is 4.74 Å². The third kappa shape index (κ3) is 3.18. The van der Waals surface area contributed by atoms with Crippen LogP contribution in [0.25, 0.3) is 5.76 Å². The predicted octanol–water partition coefficient (Wildman–Crippen LogP) is 6.21. The lowest BCUT2D eigenvalue weighted by Gasteiger charge is -2.56. The van der Waals surface area contributed by atoms with E-state index in [2.05, 4.69) is 71.6 Å². The smallest absolute Gasteiger partial charge is 0.167 e. The van der Waals surface area contributed by atoms with E-state index in [9.17, 15) is 0 Å². The number of allylic oxidation sites excluding steroid dienone is 1. The Hall–Kier alpha value is -2.06. The third-order valence-electron chi connectivity index (χ3n) is 7.06. The van der Waals surface area contributed by atoms with Crippen LogP contribution in [0.4, 0.5) is 0 Å². The van der Waals surface area contributed by atoms with Crippen molar-refractivity contribution in [3.63, 3.8) is 0 Å². The minimum Gasteiger partial charge on any atom is -0.472 e. The molecule has 2 aromatic carbocycles. The summed E-state index contributed by atoms with van der Waals surface area (Å²) in [6, 6.07) is 21.8. The van der Waals surface area contributed by atoms with Crippen LogP contribution in [-0.4, -0.2) is 23.7 Å². The van der Waals surface area contributed by atoms with Gasteiger partial charge in [0, 0.05) is 36.9 Å². The van der Waals surface area contributed by atoms with Gasteiger partial charge in [-0.05, 0) is 37.3 Å². The Balaban J connectivity index is 1.62. The molecule has 0 N–H and O–H groups in total. The molecule has 2 nitrogen and oxygen atoms in total. The summed E-state index contributed by atoms with van der Waals surface area (Å²) in [5.41, 5.74) is 2.51. The van der Waals surface area contributed by atoms with Crippen LogP contribution >= 0.6 is 0 Å². The van der Waals surface area contributed by atoms with Gasteiger partial charge in [0.2, 0.25) is 0 Å². The number of piperidine rings is 1. The molecule has 5 rings (SSSR count). The Morgan fingerprint density at radius 3 is 2.25 bits per heavy atom. The molecule has 2 aromatic rings. The van der Waals surface area contributed by atoms with E-state index < -0.39 is 0 Å². The molecule has 3 aliphatic rings. The Kier molecular flexibility index (Phi) is 4.98. The first-order chi connectivity index (χ1) is 13.9. The Morgan fingerprint density at radius 1 is 0.786 bits per heavy atom. The van der Waals surface area contributed by atoms with Crippen molar-refractivity contribution in [2.24, 2.45) is 5.92 Å². The zero-order chi connectivity index (χ0) is 18.8. The predicted molar refractivity (Wildman–Crippen MR) is 115 cm³/mol. The third-order valence-corrected chi connectivity index (χ3v) is 7.06. The van der Waals surface area contributed by atoms with E-state index in [1.165, 1.54) is 62.7 Å². The maximum Gasteiger partial charge on any atom is 0.167 e. The fourth-order valence-corrected chi connectivity index (χ4v) is 5.73. The molecule has 3 atom stereocenters. The topological polar surface area (TPSA) is 12.5 Å². The maximum atomic E-state index is 7.04. The number of nitrogens with zero attached hydrogens (tertiary/aromatic N) is 1. The molecule has 3 unspecified atom stereocenters. The van der Waals surface area contributed by atoms with Crippen molar-refractivity contribution >= 4 is 5.76 Å². The van der Waals surface area contributed by atoms with Gasteiger partial charge in [-0.2, -0.15) is 0 Å². The zero-order valence-electron chi connectivity index (χ0n) is 16.7. The Labute approximate surface area is 169 Å². The van der Waals surface area contributed by atoms with Crippen molar-refractivity contribution in [3.05, 3.63) is 77.9 Å². The molecule has 1 saturated heterocycles. The van der Waals surface area contributed by atoms with Gasteiger partial charge in [0.25, 0.3) is 0 Å². The van der Waals surface area contributed by atoms with Gasteiger partial charge in [0.1, 0.15) is 5.76 Å². The van der Waals surface area contributed by atoms with Gasteiger partial charge in [-0.3, -0.25) is 4.90 Å². The van der Waals surface area contributed by atoms with E-state index >= 15 is 0 Å². The zero-order valence-corrected chi connectivity index (χ0v) is 16.7. The molecule has 28 heavy (non-hydrogen) atoms. The molecule has 0 bridgehead atoms. The molecule has 146 valence electrons. The summed E-state index contributed by atoms with van der Waals surface area (Å²) in [5, 5.41) is 0. The molecule has 0 radical (unpaired) electrons. The van der Waals surface area contributed by atoms with Gasteiger partial charge in [-0.15, -0.1) is 0 Å². The molecule has 0 amide bonds. The molecule has 0 spiro atoms. The molecule has 0 aromatic heterocycles. The molecular formula is C26H31NO. The largest absolute Gasteiger partial charge is 0.472 e. The van der Waals surface area contributed by atoms with Gasteiger partial charge in [-0.25, -0.2) is 0 Å². The summed E-state index contributed by atoms with van der Waals surface area (Å²) in [6.07, 6.45) is 11.4. The molecule has 1 aliphatic carbocycles. The number of hydrogen-bond donors (Lipinski definition) is 0. The minimum absolute atomic E-state index is 0.140. The highest BCUT2D eigenvalue weighted by Crippen LogP contribution is 2.53. The molecule has 2 aliphatic heterocycles. The van der Waals surface area contributed by atoms with E-state index in [0.717, 1.165) is 12.2 Å². The summed E-state index contributed by atoms with van der Waals surface area (Å²) in [6.45, 7) is 2.36. The number of rotatable bonds is 3. The van der Waals surface area contributed by atoms with E-state index in [-0.39, 0.29) is 5.72 Å². The minimum atomic E-state index is -0.140. The van der Waals surface area contributed by atoms with Crippen molar-refractivity contribution < 1.29 is 4.74 Å². The molecular weight excluding hydrogens is 342 g/mol. The highest BCUT2D eigenvalue weighted by molar-refractivity contribution is 5.62. The lowest BCUT2D eigenvalue weighted by atomic mass is 9.68. The highest BCUT2D eigenvalue weighted by atomic mass is 16.5. The van der Waals surface area contributed by atoms with Crippen molar-refractivity contribution in [3.8, 4) is 0 Å². The number of likely N-dealkylation sites (tertiary alicyclic amines) is 1. The number of fused-ring (bicyclic) bond motifs is 1. The summed E-state index contributed by atoms with van der Waals surface area (Å²) >= 11 is 0. The van der Waals surface area contributed by atoms with E-state index in [1.54, 1.807) is 0 Å². The van der Waals surface area contributed by atoms with E-state index in [1.807, 2.05) is 0 Å². The van der Waals surface area contributed by atoms with Gasteiger partial charge in [0.15, 0.2) is 5.72 Å². The Bertz CT molecular complexity index is 809. The average molecular weight is 374 g/mol. The van der Waals surface area contributed by atoms with Gasteiger partial charge < -0.3 is 4.74 Å². The van der Waals surface area contributed by atoms with Gasteiger partial charge >= 0.3 is 0 Å². The van der Waals surface area contributed by atoms with Crippen LogP contribution in [0.2, 0.25) is 0 Å². The molecule has 2 heteroatoms. The second-order valence-corrected chi connectivity index (χ2v) is 8.68. The van der Waals surface area contributed by atoms with Gasteiger partial charge in [0.05, 0.1) is 0 Å². The number of benzene rings is 2. The molecule has 2 fully saturated rings. The quantitative estimate of drug-likeness (QED) is 0.634. The van der Waals surface area contributed by atoms with Crippen molar-refractivity contribution in [2.75, 3.05) is 13.1 Å². The molecule has 1 saturated carbocycles. The lowest BCUT2D eigenvalue weighted by Crippen LogP contribution is -2.60. The average Bonchev–Trinajstić information content (AvgIpc) is 2.80. The number of ether oxygens (including phenoxy) is 1. The summed E-state index contributed by atoms with van der Waals surface area (Å²) in [7, 11) is 0. The summed E-state index contributed by atoms with van der Waals surface area (Å²) in [5.74, 6) is 2.04. The normalized spacial score (nSPS) is 30.8. The lowest BCUT2D eigenvalue weighted by molar-refractivity contribution is -0.181. The van der Waals surface area contributed by atoms with Crippen LogP contribution in [0.5, 0.6) is 0 Å². The second-order valence-electron chi connectivity index (χ2n) is 8.68. The van der Waals surface area contributed by atoms with Crippen LogP contribution in [0, 0.1) is 5.92 Å². The first-order valence-electron chi connectivity index (χ1n) is 11.1. The second kappa shape index (κ2) is 7.75. The van der Waals surface area contributed by atoms with Crippen LogP contribution < -0.4 is 0 Å². The molecule has 2 heterocycles. The van der Waals surface area contributed by atoms with E-state index in [4.69, 9.17) is 4.74 Å². The van der Waals surface area contributed by atoms with Crippen LogP contribution in [0.3, 0.4) is 0 Å². The fraction of sp³-hybridized carbons (Fsp3) is 0.462. The summed E-state index contributed by atoms with van der Waals surface area (Å²) < 4.78 is 7.04. The maximum absolute atomic E-state index is 7.04.